The van der Waals surface area contributed by atoms with Gasteiger partial charge in [0.05, 0.1) is 17.7 Å². The van der Waals surface area contributed by atoms with E-state index in [0.29, 0.717) is 0 Å². The minimum absolute atomic E-state index is 0.0956. The van der Waals surface area contributed by atoms with Crippen LogP contribution in [0.25, 0.3) is 0 Å². The molecule has 1 rings (SSSR count). The zero-order valence-corrected chi connectivity index (χ0v) is 9.44. The van der Waals surface area contributed by atoms with Gasteiger partial charge in [-0.3, -0.25) is 0 Å². The molecule has 0 spiro atoms. The first-order valence-corrected chi connectivity index (χ1v) is 4.71. The van der Waals surface area contributed by atoms with Crippen LogP contribution in [-0.4, -0.2) is 18.2 Å². The second kappa shape index (κ2) is 4.43. The van der Waals surface area contributed by atoms with Gasteiger partial charge in [0.1, 0.15) is 5.75 Å². The third-order valence-corrected chi connectivity index (χ3v) is 2.32. The van der Waals surface area contributed by atoms with Crippen molar-refractivity contribution in [2.24, 2.45) is 0 Å². The van der Waals surface area contributed by atoms with E-state index in [1.165, 1.54) is 6.07 Å². The second-order valence-electron chi connectivity index (χ2n) is 2.85. The van der Waals surface area contributed by atoms with Crippen molar-refractivity contribution in [2.75, 3.05) is 7.11 Å². The van der Waals surface area contributed by atoms with Gasteiger partial charge in [-0.25, -0.2) is 4.79 Å². The average Bonchev–Trinajstić information content (AvgIpc) is 2.16. The van der Waals surface area contributed by atoms with Gasteiger partial charge >= 0.3 is 11.9 Å². The molecule has 0 aliphatic heterocycles. The highest BCUT2D eigenvalue weighted by molar-refractivity contribution is 6.35. The van der Waals surface area contributed by atoms with Gasteiger partial charge in [0.2, 0.25) is 0 Å². The fourth-order valence-electron chi connectivity index (χ4n) is 1.12. The molecule has 88 valence electrons. The lowest BCUT2D eigenvalue weighted by atomic mass is 10.1. The van der Waals surface area contributed by atoms with E-state index in [1.54, 1.807) is 0 Å². The third kappa shape index (κ3) is 2.20. The van der Waals surface area contributed by atoms with E-state index in [2.05, 4.69) is 4.74 Å². The van der Waals surface area contributed by atoms with Gasteiger partial charge in [0.25, 0.3) is 0 Å². The van der Waals surface area contributed by atoms with Crippen LogP contribution in [0.15, 0.2) is 12.1 Å². The Hall–Kier alpha value is -1.07. The molecule has 0 heterocycles. The molecule has 0 saturated carbocycles. The van der Waals surface area contributed by atoms with Crippen LogP contribution in [0.5, 0.6) is 5.75 Å². The van der Waals surface area contributed by atoms with Gasteiger partial charge in [-0.05, 0) is 12.1 Å². The number of hydrogen-bond acceptors (Lipinski definition) is 2. The molecule has 0 radical (unpaired) electrons. The molecule has 0 amide bonds. The Balaban J connectivity index is 3.48. The van der Waals surface area contributed by atoms with E-state index in [1.807, 2.05) is 0 Å². The SMILES string of the molecule is COc1c(Cl)cc(Cl)cc1C(F)(F)C(=O)O. The summed E-state index contributed by atoms with van der Waals surface area (Å²) in [5, 5.41) is 8.13. The number of methoxy groups -OCH3 is 1. The predicted octanol–water partition coefficient (Wildman–Crippen LogP) is 3.18. The maximum Gasteiger partial charge on any atom is 0.379 e. The Kier molecular flexibility index (Phi) is 3.60. The van der Waals surface area contributed by atoms with Crippen LogP contribution in [0.1, 0.15) is 5.56 Å². The quantitative estimate of drug-likeness (QED) is 0.918. The number of ether oxygens (including phenoxy) is 1. The maximum atomic E-state index is 13.3. The number of halogens is 4. The predicted molar refractivity (Wildman–Crippen MR) is 54.5 cm³/mol. The van der Waals surface area contributed by atoms with E-state index in [0.717, 1.165) is 13.2 Å². The molecule has 1 N–H and O–H groups in total. The first-order valence-electron chi connectivity index (χ1n) is 3.95. The van der Waals surface area contributed by atoms with Crippen LogP contribution in [0, 0.1) is 0 Å². The molecule has 0 atom stereocenters. The number of benzene rings is 1. The first kappa shape index (κ1) is 13.0. The summed E-state index contributed by atoms with van der Waals surface area (Å²) in [5.74, 6) is -6.82. The lowest BCUT2D eigenvalue weighted by Crippen LogP contribution is -2.26. The van der Waals surface area contributed by atoms with Gasteiger partial charge in [0, 0.05) is 5.02 Å². The summed E-state index contributed by atoms with van der Waals surface area (Å²) < 4.78 is 31.2. The van der Waals surface area contributed by atoms with E-state index in [4.69, 9.17) is 28.3 Å². The van der Waals surface area contributed by atoms with Crippen molar-refractivity contribution in [3.63, 3.8) is 0 Å². The van der Waals surface area contributed by atoms with E-state index in [9.17, 15) is 13.6 Å². The van der Waals surface area contributed by atoms with Crippen molar-refractivity contribution in [2.45, 2.75) is 5.92 Å². The van der Waals surface area contributed by atoms with Crippen molar-refractivity contribution in [1.82, 2.24) is 0 Å². The summed E-state index contributed by atoms with van der Waals surface area (Å²) in [6.45, 7) is 0. The fourth-order valence-corrected chi connectivity index (χ4v) is 1.69. The van der Waals surface area contributed by atoms with E-state index >= 15 is 0 Å². The van der Waals surface area contributed by atoms with Crippen LogP contribution in [0.4, 0.5) is 8.78 Å². The standard InChI is InChI=1S/C9H6Cl2F2O3/c1-16-7-5(9(12,13)8(14)15)2-4(10)3-6(7)11/h2-3H,1H3,(H,14,15). The molecule has 1 aromatic carbocycles. The zero-order valence-electron chi connectivity index (χ0n) is 7.93. The monoisotopic (exact) mass is 270 g/mol. The van der Waals surface area contributed by atoms with Crippen molar-refractivity contribution in [3.05, 3.63) is 27.7 Å². The smallest absolute Gasteiger partial charge is 0.379 e. The van der Waals surface area contributed by atoms with Crippen LogP contribution in [-0.2, 0) is 10.7 Å². The highest BCUT2D eigenvalue weighted by Crippen LogP contribution is 2.41. The molecule has 0 unspecified atom stereocenters. The molecule has 1 aromatic rings. The Morgan fingerprint density at radius 2 is 2.00 bits per heavy atom. The Labute approximate surface area is 99.5 Å². The normalized spacial score (nSPS) is 11.3. The molecule has 0 aliphatic rings. The van der Waals surface area contributed by atoms with Crippen molar-refractivity contribution >= 4 is 29.2 Å². The van der Waals surface area contributed by atoms with E-state index in [-0.39, 0.29) is 10.0 Å². The van der Waals surface area contributed by atoms with Gasteiger partial charge in [-0.1, -0.05) is 23.2 Å². The lowest BCUT2D eigenvalue weighted by molar-refractivity contribution is -0.166. The average molecular weight is 271 g/mol. The second-order valence-corrected chi connectivity index (χ2v) is 3.69. The summed E-state index contributed by atoms with van der Waals surface area (Å²) in [6, 6.07) is 1.99. The number of rotatable bonds is 3. The summed E-state index contributed by atoms with van der Waals surface area (Å²) in [7, 11) is 1.11. The number of alkyl halides is 2. The molecule has 7 heteroatoms. The van der Waals surface area contributed by atoms with E-state index < -0.39 is 23.2 Å². The van der Waals surface area contributed by atoms with Gasteiger partial charge in [-0.15, -0.1) is 0 Å². The Bertz CT molecular complexity index is 435. The summed E-state index contributed by atoms with van der Waals surface area (Å²) in [5.41, 5.74) is -0.875. The maximum absolute atomic E-state index is 13.3. The van der Waals surface area contributed by atoms with Crippen molar-refractivity contribution < 1.29 is 23.4 Å². The number of carboxylic acid groups (broad SMARTS) is 1. The minimum atomic E-state index is -4.11. The van der Waals surface area contributed by atoms with Crippen LogP contribution >= 0.6 is 23.2 Å². The molecule has 0 fully saturated rings. The molecule has 0 aromatic heterocycles. The van der Waals surface area contributed by atoms with Crippen molar-refractivity contribution in [3.8, 4) is 5.75 Å². The fraction of sp³-hybridized carbons (Fsp3) is 0.222. The third-order valence-electron chi connectivity index (χ3n) is 1.82. The van der Waals surface area contributed by atoms with Gasteiger partial charge in [0.15, 0.2) is 0 Å². The number of hydrogen-bond donors (Lipinski definition) is 1. The zero-order chi connectivity index (χ0) is 12.5. The number of carbonyl (C=O) groups is 1. The molecule has 0 saturated heterocycles. The van der Waals surface area contributed by atoms with Gasteiger partial charge in [-0.2, -0.15) is 8.78 Å². The molecular formula is C9H6Cl2F2O3. The highest BCUT2D eigenvalue weighted by Gasteiger charge is 2.44. The lowest BCUT2D eigenvalue weighted by Gasteiger charge is -2.16. The summed E-state index contributed by atoms with van der Waals surface area (Å²) >= 11 is 11.1. The van der Waals surface area contributed by atoms with Crippen LogP contribution < -0.4 is 4.74 Å². The number of aliphatic carboxylic acids is 1. The summed E-state index contributed by atoms with van der Waals surface area (Å²) in [6.07, 6.45) is 0. The Morgan fingerprint density at radius 1 is 1.44 bits per heavy atom. The Morgan fingerprint density at radius 3 is 2.44 bits per heavy atom. The largest absolute Gasteiger partial charge is 0.495 e. The van der Waals surface area contributed by atoms with Crippen LogP contribution in [0.3, 0.4) is 0 Å². The molecule has 16 heavy (non-hydrogen) atoms. The van der Waals surface area contributed by atoms with Crippen LogP contribution in [0.2, 0.25) is 10.0 Å². The molecule has 0 aliphatic carbocycles. The topological polar surface area (TPSA) is 46.5 Å². The molecule has 3 nitrogen and oxygen atoms in total. The summed E-state index contributed by atoms with van der Waals surface area (Å²) in [4.78, 5) is 10.4. The number of carboxylic acids is 1. The molecule has 0 bridgehead atoms. The highest BCUT2D eigenvalue weighted by atomic mass is 35.5. The molecular weight excluding hydrogens is 265 g/mol. The van der Waals surface area contributed by atoms with Crippen molar-refractivity contribution in [1.29, 1.82) is 0 Å². The van der Waals surface area contributed by atoms with Gasteiger partial charge < -0.3 is 9.84 Å². The first-order chi connectivity index (χ1) is 7.30. The minimum Gasteiger partial charge on any atom is -0.495 e.